The molecule has 2 rings (SSSR count). The molecule has 0 fully saturated rings. The minimum absolute atomic E-state index is 0.139. The predicted octanol–water partition coefficient (Wildman–Crippen LogP) is 5.57. The number of hydrogen-bond donors (Lipinski definition) is 1. The molecule has 2 amide bonds. The second-order valence-electron chi connectivity index (χ2n) is 5.79. The average molecular weight is 396 g/mol. The topological polar surface area (TPSA) is 32.3 Å². The molecule has 0 atom stereocenters. The van der Waals surface area contributed by atoms with Crippen molar-refractivity contribution in [2.24, 2.45) is 0 Å². The molecule has 0 radical (unpaired) electrons. The zero-order chi connectivity index (χ0) is 17.0. The van der Waals surface area contributed by atoms with E-state index in [2.05, 4.69) is 21.2 Å². The molecule has 122 valence electrons. The van der Waals surface area contributed by atoms with Gasteiger partial charge in [0.15, 0.2) is 0 Å². The van der Waals surface area contributed by atoms with Gasteiger partial charge in [0, 0.05) is 21.7 Å². The first-order chi connectivity index (χ1) is 10.8. The Bertz CT molecular complexity index is 686. The maximum atomic E-state index is 12.7. The fraction of sp³-hybridized carbons (Fsp3) is 0.278. The van der Waals surface area contributed by atoms with Crippen LogP contribution in [0, 0.1) is 0 Å². The lowest BCUT2D eigenvalue weighted by molar-refractivity contribution is 0.236. The van der Waals surface area contributed by atoms with Crippen molar-refractivity contribution in [2.45, 2.75) is 26.3 Å². The van der Waals surface area contributed by atoms with E-state index in [0.717, 1.165) is 15.7 Å². The number of urea groups is 1. The summed E-state index contributed by atoms with van der Waals surface area (Å²) >= 11 is 9.39. The van der Waals surface area contributed by atoms with Gasteiger partial charge in [-0.25, -0.2) is 4.79 Å². The standard InChI is InChI=1S/C18H20BrClN2O/c1-4-22(16-10-8-15(20)9-11-16)17(23)21-18(2,3)13-6-5-7-14(19)12-13/h5-12H,4H2,1-3H3,(H,21,23). The molecule has 1 N–H and O–H groups in total. The Morgan fingerprint density at radius 2 is 1.87 bits per heavy atom. The van der Waals surface area contributed by atoms with Gasteiger partial charge >= 0.3 is 6.03 Å². The van der Waals surface area contributed by atoms with Crippen LogP contribution in [0.4, 0.5) is 10.5 Å². The predicted molar refractivity (Wildman–Crippen MR) is 100 cm³/mol. The number of rotatable bonds is 4. The van der Waals surface area contributed by atoms with Gasteiger partial charge in [0.05, 0.1) is 5.54 Å². The summed E-state index contributed by atoms with van der Waals surface area (Å²) < 4.78 is 0.988. The summed E-state index contributed by atoms with van der Waals surface area (Å²) in [5.74, 6) is 0. The van der Waals surface area contributed by atoms with Crippen LogP contribution in [0.2, 0.25) is 5.02 Å². The van der Waals surface area contributed by atoms with Crippen LogP contribution < -0.4 is 10.2 Å². The molecule has 0 heterocycles. The number of benzene rings is 2. The molecular weight excluding hydrogens is 376 g/mol. The number of nitrogens with one attached hydrogen (secondary N) is 1. The van der Waals surface area contributed by atoms with Crippen molar-refractivity contribution < 1.29 is 4.79 Å². The Kier molecular flexibility index (Phi) is 5.71. The quantitative estimate of drug-likeness (QED) is 0.720. The summed E-state index contributed by atoms with van der Waals surface area (Å²) in [7, 11) is 0. The fourth-order valence-electron chi connectivity index (χ4n) is 2.35. The number of amides is 2. The Morgan fingerprint density at radius 3 is 2.43 bits per heavy atom. The van der Waals surface area contributed by atoms with Crippen molar-refractivity contribution in [3.05, 3.63) is 63.6 Å². The molecule has 0 saturated heterocycles. The molecule has 0 aliphatic heterocycles. The monoisotopic (exact) mass is 394 g/mol. The largest absolute Gasteiger partial charge is 0.329 e. The van der Waals surface area contributed by atoms with Crippen LogP contribution in [0.3, 0.4) is 0 Å². The van der Waals surface area contributed by atoms with Crippen LogP contribution in [0.5, 0.6) is 0 Å². The summed E-state index contributed by atoms with van der Waals surface area (Å²) in [6, 6.07) is 15.1. The van der Waals surface area contributed by atoms with Crippen molar-refractivity contribution in [3.8, 4) is 0 Å². The highest BCUT2D eigenvalue weighted by Crippen LogP contribution is 2.25. The molecule has 23 heavy (non-hydrogen) atoms. The number of nitrogens with zero attached hydrogens (tertiary/aromatic N) is 1. The smallest absolute Gasteiger partial charge is 0.322 e. The van der Waals surface area contributed by atoms with E-state index in [1.54, 1.807) is 17.0 Å². The molecule has 2 aromatic rings. The molecule has 0 aliphatic rings. The summed E-state index contributed by atoms with van der Waals surface area (Å²) in [5, 5.41) is 3.75. The van der Waals surface area contributed by atoms with Crippen LogP contribution in [0.15, 0.2) is 53.0 Å². The zero-order valence-corrected chi connectivity index (χ0v) is 15.8. The molecule has 5 heteroatoms. The van der Waals surface area contributed by atoms with E-state index in [9.17, 15) is 4.79 Å². The lowest BCUT2D eigenvalue weighted by atomic mass is 9.94. The minimum Gasteiger partial charge on any atom is -0.329 e. The minimum atomic E-state index is -0.485. The molecule has 0 saturated carbocycles. The number of halogens is 2. The summed E-state index contributed by atoms with van der Waals surface area (Å²) in [6.07, 6.45) is 0. The molecule has 3 nitrogen and oxygen atoms in total. The van der Waals surface area contributed by atoms with Crippen LogP contribution in [0.1, 0.15) is 26.3 Å². The van der Waals surface area contributed by atoms with Gasteiger partial charge in [0.1, 0.15) is 0 Å². The summed E-state index contributed by atoms with van der Waals surface area (Å²) in [6.45, 7) is 6.49. The number of anilines is 1. The van der Waals surface area contributed by atoms with Crippen molar-refractivity contribution >= 4 is 39.2 Å². The second-order valence-corrected chi connectivity index (χ2v) is 7.14. The third-order valence-corrected chi connectivity index (χ3v) is 4.41. The van der Waals surface area contributed by atoms with Crippen molar-refractivity contribution in [3.63, 3.8) is 0 Å². The fourth-order valence-corrected chi connectivity index (χ4v) is 2.87. The lowest BCUT2D eigenvalue weighted by Gasteiger charge is -2.31. The van der Waals surface area contributed by atoms with Gasteiger partial charge in [-0.15, -0.1) is 0 Å². The van der Waals surface area contributed by atoms with Crippen LogP contribution >= 0.6 is 27.5 Å². The van der Waals surface area contributed by atoms with Gasteiger partial charge < -0.3 is 5.32 Å². The summed E-state index contributed by atoms with van der Waals surface area (Å²) in [5.41, 5.74) is 1.37. The Morgan fingerprint density at radius 1 is 1.22 bits per heavy atom. The zero-order valence-electron chi connectivity index (χ0n) is 13.4. The first kappa shape index (κ1) is 17.8. The van der Waals surface area contributed by atoms with E-state index < -0.39 is 5.54 Å². The lowest BCUT2D eigenvalue weighted by Crippen LogP contribution is -2.48. The molecule has 0 aliphatic carbocycles. The highest BCUT2D eigenvalue weighted by atomic mass is 79.9. The van der Waals surface area contributed by atoms with Crippen LogP contribution in [-0.2, 0) is 5.54 Å². The molecular formula is C18H20BrClN2O. The first-order valence-corrected chi connectivity index (χ1v) is 8.62. The Hall–Kier alpha value is -1.52. The van der Waals surface area contributed by atoms with Crippen LogP contribution in [0.25, 0.3) is 0 Å². The van der Waals surface area contributed by atoms with E-state index in [4.69, 9.17) is 11.6 Å². The van der Waals surface area contributed by atoms with Gasteiger partial charge in [0.25, 0.3) is 0 Å². The van der Waals surface area contributed by atoms with Crippen molar-refractivity contribution in [2.75, 3.05) is 11.4 Å². The van der Waals surface area contributed by atoms with E-state index in [1.165, 1.54) is 0 Å². The van der Waals surface area contributed by atoms with Gasteiger partial charge in [-0.3, -0.25) is 4.90 Å². The third kappa shape index (κ3) is 4.49. The number of hydrogen-bond acceptors (Lipinski definition) is 1. The van der Waals surface area contributed by atoms with Crippen molar-refractivity contribution in [1.82, 2.24) is 5.32 Å². The van der Waals surface area contributed by atoms with Crippen molar-refractivity contribution in [1.29, 1.82) is 0 Å². The molecule has 2 aromatic carbocycles. The van der Waals surface area contributed by atoms with Gasteiger partial charge in [-0.2, -0.15) is 0 Å². The van der Waals surface area contributed by atoms with Gasteiger partial charge in [0.2, 0.25) is 0 Å². The highest BCUT2D eigenvalue weighted by molar-refractivity contribution is 9.10. The van der Waals surface area contributed by atoms with E-state index in [-0.39, 0.29) is 6.03 Å². The average Bonchev–Trinajstić information content (AvgIpc) is 2.49. The number of carbonyl (C=O) groups is 1. The maximum Gasteiger partial charge on any atom is 0.322 e. The maximum absolute atomic E-state index is 12.7. The normalized spacial score (nSPS) is 11.2. The Balaban J connectivity index is 2.20. The Labute approximate surface area is 150 Å². The van der Waals surface area contributed by atoms with Gasteiger partial charge in [-0.1, -0.05) is 39.7 Å². The first-order valence-electron chi connectivity index (χ1n) is 7.45. The van der Waals surface area contributed by atoms with Crippen LogP contribution in [-0.4, -0.2) is 12.6 Å². The van der Waals surface area contributed by atoms with E-state index in [0.29, 0.717) is 11.6 Å². The number of carbonyl (C=O) groups excluding carboxylic acids is 1. The third-order valence-electron chi connectivity index (χ3n) is 3.67. The van der Waals surface area contributed by atoms with E-state index in [1.807, 2.05) is 57.2 Å². The molecule has 0 spiro atoms. The molecule has 0 bridgehead atoms. The summed E-state index contributed by atoms with van der Waals surface area (Å²) in [4.78, 5) is 14.4. The SMILES string of the molecule is CCN(C(=O)NC(C)(C)c1cccc(Br)c1)c1ccc(Cl)cc1. The molecule has 0 unspecified atom stereocenters. The van der Waals surface area contributed by atoms with Gasteiger partial charge in [-0.05, 0) is 62.7 Å². The highest BCUT2D eigenvalue weighted by Gasteiger charge is 2.26. The molecule has 0 aromatic heterocycles. The van der Waals surface area contributed by atoms with E-state index >= 15 is 0 Å². The second kappa shape index (κ2) is 7.37.